The average Bonchev–Trinajstić information content (AvgIpc) is 3.02. The van der Waals surface area contributed by atoms with Crippen LogP contribution in [0.2, 0.25) is 0 Å². The lowest BCUT2D eigenvalue weighted by Gasteiger charge is -2.31. The Morgan fingerprint density at radius 3 is 2.86 bits per heavy atom. The number of carboxylic acid groups (broad SMARTS) is 1. The summed E-state index contributed by atoms with van der Waals surface area (Å²) in [5.74, 6) is -1.10. The van der Waals surface area contributed by atoms with Gasteiger partial charge in [0.15, 0.2) is 0 Å². The minimum absolute atomic E-state index is 0.174. The Balaban J connectivity index is 2.03. The highest BCUT2D eigenvalue weighted by Gasteiger charge is 2.46. The van der Waals surface area contributed by atoms with Crippen molar-refractivity contribution in [2.24, 2.45) is 0 Å². The number of thiophene rings is 1. The summed E-state index contributed by atoms with van der Waals surface area (Å²) < 4.78 is 1.06. The second kappa shape index (κ2) is 4.84. The largest absolute Gasteiger partial charge is 0.480 e. The van der Waals surface area contributed by atoms with E-state index in [2.05, 4.69) is 6.07 Å². The molecule has 2 heterocycles. The first-order valence-corrected chi connectivity index (χ1v) is 7.85. The van der Waals surface area contributed by atoms with Crippen molar-refractivity contribution in [3.05, 3.63) is 34.7 Å². The Morgan fingerprint density at radius 2 is 2.14 bits per heavy atom. The highest BCUT2D eigenvalue weighted by atomic mass is 32.1. The Morgan fingerprint density at radius 1 is 1.38 bits per heavy atom. The maximum Gasteiger partial charge on any atom is 0.329 e. The third-order valence-electron chi connectivity index (χ3n) is 4.31. The van der Waals surface area contributed by atoms with Crippen LogP contribution in [0.15, 0.2) is 23.6 Å². The smallest absolute Gasteiger partial charge is 0.329 e. The number of amides is 1. The summed E-state index contributed by atoms with van der Waals surface area (Å²) >= 11 is 1.53. The van der Waals surface area contributed by atoms with Gasteiger partial charge in [-0.05, 0) is 38.3 Å². The normalized spacial score (nSPS) is 21.9. The predicted molar refractivity (Wildman–Crippen MR) is 82.9 cm³/mol. The third-order valence-corrected chi connectivity index (χ3v) is 5.25. The van der Waals surface area contributed by atoms with Crippen LogP contribution in [-0.2, 0) is 4.79 Å². The van der Waals surface area contributed by atoms with E-state index in [0.717, 1.165) is 22.1 Å². The fourth-order valence-corrected chi connectivity index (χ4v) is 3.99. The number of likely N-dealkylation sites (tertiary alicyclic amines) is 1. The number of rotatable bonds is 2. The Labute approximate surface area is 127 Å². The van der Waals surface area contributed by atoms with Crippen LogP contribution in [0.4, 0.5) is 0 Å². The van der Waals surface area contributed by atoms with Gasteiger partial charge in [0, 0.05) is 22.0 Å². The molecule has 1 atom stereocenters. The first-order chi connectivity index (χ1) is 9.93. The molecule has 1 aliphatic heterocycles. The number of hydrogen-bond donors (Lipinski definition) is 1. The fourth-order valence-electron chi connectivity index (χ4n) is 2.96. The second-order valence-corrected chi connectivity index (χ2v) is 6.70. The van der Waals surface area contributed by atoms with Crippen LogP contribution in [0.5, 0.6) is 0 Å². The van der Waals surface area contributed by atoms with Crippen molar-refractivity contribution in [1.29, 1.82) is 0 Å². The van der Waals surface area contributed by atoms with Crippen LogP contribution >= 0.6 is 11.3 Å². The molecule has 2 aromatic rings. The van der Waals surface area contributed by atoms with E-state index in [1.807, 2.05) is 24.4 Å². The average molecular weight is 303 g/mol. The molecule has 3 rings (SSSR count). The molecule has 1 aliphatic rings. The molecule has 1 amide bonds. The monoisotopic (exact) mass is 303 g/mol. The third kappa shape index (κ3) is 2.12. The summed E-state index contributed by atoms with van der Waals surface area (Å²) in [6.45, 7) is 4.16. The molecule has 0 radical (unpaired) electrons. The van der Waals surface area contributed by atoms with E-state index in [9.17, 15) is 14.7 Å². The minimum Gasteiger partial charge on any atom is -0.480 e. The molecule has 5 heteroatoms. The summed E-state index contributed by atoms with van der Waals surface area (Å²) in [6, 6.07) is 5.98. The highest BCUT2D eigenvalue weighted by Crippen LogP contribution is 2.34. The SMILES string of the molecule is Cc1ccc2c(C(=O)N3CCCC3(C)C(=O)O)csc2c1. The van der Waals surface area contributed by atoms with Gasteiger partial charge in [-0.15, -0.1) is 11.3 Å². The number of aliphatic carboxylic acids is 1. The number of fused-ring (bicyclic) bond motifs is 1. The maximum absolute atomic E-state index is 12.8. The number of carboxylic acids is 1. The molecular weight excluding hydrogens is 286 g/mol. The van der Waals surface area contributed by atoms with E-state index in [0.29, 0.717) is 18.5 Å². The van der Waals surface area contributed by atoms with Gasteiger partial charge in [0.25, 0.3) is 5.91 Å². The molecule has 4 nitrogen and oxygen atoms in total. The Kier molecular flexibility index (Phi) is 3.24. The summed E-state index contributed by atoms with van der Waals surface area (Å²) in [7, 11) is 0. The first kappa shape index (κ1) is 14.1. The number of carbonyl (C=O) groups excluding carboxylic acids is 1. The van der Waals surface area contributed by atoms with Gasteiger partial charge < -0.3 is 10.0 Å². The molecule has 1 unspecified atom stereocenters. The van der Waals surface area contributed by atoms with Crippen molar-refractivity contribution in [2.45, 2.75) is 32.2 Å². The molecule has 0 spiro atoms. The second-order valence-electron chi connectivity index (χ2n) is 5.79. The molecular formula is C16H17NO3S. The molecule has 21 heavy (non-hydrogen) atoms. The molecule has 1 saturated heterocycles. The van der Waals surface area contributed by atoms with Gasteiger partial charge in [-0.2, -0.15) is 0 Å². The zero-order valence-corrected chi connectivity index (χ0v) is 12.9. The van der Waals surface area contributed by atoms with Crippen LogP contribution in [-0.4, -0.2) is 34.0 Å². The number of benzene rings is 1. The molecule has 1 fully saturated rings. The zero-order valence-electron chi connectivity index (χ0n) is 12.0. The van der Waals surface area contributed by atoms with Crippen molar-refractivity contribution < 1.29 is 14.7 Å². The van der Waals surface area contributed by atoms with Gasteiger partial charge >= 0.3 is 5.97 Å². The molecule has 0 saturated carbocycles. The summed E-state index contributed by atoms with van der Waals surface area (Å²) in [4.78, 5) is 25.8. The first-order valence-electron chi connectivity index (χ1n) is 6.97. The fraction of sp³-hybridized carbons (Fsp3) is 0.375. The van der Waals surface area contributed by atoms with Gasteiger partial charge in [-0.3, -0.25) is 4.79 Å². The lowest BCUT2D eigenvalue weighted by atomic mass is 9.98. The van der Waals surface area contributed by atoms with Gasteiger partial charge in [0.05, 0.1) is 5.56 Å². The molecule has 1 N–H and O–H groups in total. The number of aryl methyl sites for hydroxylation is 1. The minimum atomic E-state index is -1.09. The lowest BCUT2D eigenvalue weighted by Crippen LogP contribution is -2.50. The van der Waals surface area contributed by atoms with Gasteiger partial charge in [-0.25, -0.2) is 4.79 Å². The van der Waals surface area contributed by atoms with Crippen molar-refractivity contribution in [2.75, 3.05) is 6.54 Å². The van der Waals surface area contributed by atoms with Crippen LogP contribution in [0.3, 0.4) is 0 Å². The highest BCUT2D eigenvalue weighted by molar-refractivity contribution is 7.17. The topological polar surface area (TPSA) is 57.6 Å². The number of nitrogens with zero attached hydrogens (tertiary/aromatic N) is 1. The molecule has 1 aromatic carbocycles. The molecule has 0 aliphatic carbocycles. The van der Waals surface area contributed by atoms with Crippen LogP contribution < -0.4 is 0 Å². The Bertz CT molecular complexity index is 736. The van der Waals surface area contributed by atoms with Crippen molar-refractivity contribution in [1.82, 2.24) is 4.90 Å². The summed E-state index contributed by atoms with van der Waals surface area (Å²) in [6.07, 6.45) is 1.24. The summed E-state index contributed by atoms with van der Waals surface area (Å²) in [5.41, 5.74) is 0.681. The summed E-state index contributed by atoms with van der Waals surface area (Å²) in [5, 5.41) is 12.2. The van der Waals surface area contributed by atoms with Crippen molar-refractivity contribution in [3.8, 4) is 0 Å². The van der Waals surface area contributed by atoms with E-state index in [1.54, 1.807) is 6.92 Å². The van der Waals surface area contributed by atoms with E-state index >= 15 is 0 Å². The van der Waals surface area contributed by atoms with E-state index in [-0.39, 0.29) is 5.91 Å². The Hall–Kier alpha value is -1.88. The van der Waals surface area contributed by atoms with Crippen LogP contribution in [0, 0.1) is 6.92 Å². The predicted octanol–water partition coefficient (Wildman–Crippen LogP) is 3.29. The van der Waals surface area contributed by atoms with Crippen molar-refractivity contribution in [3.63, 3.8) is 0 Å². The van der Waals surface area contributed by atoms with E-state index in [1.165, 1.54) is 16.2 Å². The quantitative estimate of drug-likeness (QED) is 0.926. The van der Waals surface area contributed by atoms with Crippen LogP contribution in [0.25, 0.3) is 10.1 Å². The number of carbonyl (C=O) groups is 2. The molecule has 1 aromatic heterocycles. The van der Waals surface area contributed by atoms with Crippen molar-refractivity contribution >= 4 is 33.3 Å². The lowest BCUT2D eigenvalue weighted by molar-refractivity contribution is -0.147. The molecule has 0 bridgehead atoms. The van der Waals surface area contributed by atoms with Gasteiger partial charge in [0.1, 0.15) is 5.54 Å². The molecule has 110 valence electrons. The van der Waals surface area contributed by atoms with Crippen LogP contribution in [0.1, 0.15) is 35.7 Å². The van der Waals surface area contributed by atoms with E-state index in [4.69, 9.17) is 0 Å². The zero-order chi connectivity index (χ0) is 15.2. The van der Waals surface area contributed by atoms with Gasteiger partial charge in [0.2, 0.25) is 0 Å². The number of hydrogen-bond acceptors (Lipinski definition) is 3. The standard InChI is InChI=1S/C16H17NO3S/c1-10-4-5-11-12(9-21-13(11)8-10)14(18)17-7-3-6-16(17,2)15(19)20/h4-5,8-9H,3,6-7H2,1-2H3,(H,19,20). The maximum atomic E-state index is 12.8. The van der Waals surface area contributed by atoms with E-state index < -0.39 is 11.5 Å². The van der Waals surface area contributed by atoms with Gasteiger partial charge in [-0.1, -0.05) is 12.1 Å².